The first-order valence-corrected chi connectivity index (χ1v) is 9.36. The number of carbonyl (C=O) groups is 2. The van der Waals surface area contributed by atoms with E-state index in [1.54, 1.807) is 27.7 Å². The minimum atomic E-state index is -1.55. The molecule has 0 saturated heterocycles. The molecule has 0 heterocycles. The predicted octanol–water partition coefficient (Wildman–Crippen LogP) is 0.689. The Hall–Kier alpha value is -1.36. The van der Waals surface area contributed by atoms with Crippen LogP contribution in [0.1, 0.15) is 53.4 Å². The van der Waals surface area contributed by atoms with Crippen molar-refractivity contribution in [3.05, 3.63) is 0 Å². The molecular formula is C18H38F2N4O4. The molecule has 0 aliphatic rings. The lowest BCUT2D eigenvalue weighted by Gasteiger charge is -2.29. The molecule has 2 atom stereocenters. The van der Waals surface area contributed by atoms with E-state index in [4.69, 9.17) is 27.7 Å². The summed E-state index contributed by atoms with van der Waals surface area (Å²) < 4.78 is 34.9. The van der Waals surface area contributed by atoms with Crippen molar-refractivity contribution in [3.8, 4) is 0 Å². The van der Waals surface area contributed by atoms with E-state index in [2.05, 4.69) is 4.74 Å². The molecule has 0 aliphatic heterocycles. The number of alkyl halides is 2. The van der Waals surface area contributed by atoms with Crippen molar-refractivity contribution in [3.63, 3.8) is 0 Å². The van der Waals surface area contributed by atoms with E-state index >= 15 is 0 Å². The number of carbonyl (C=O) groups excluding carboxylic acids is 2. The maximum absolute atomic E-state index is 12.7. The van der Waals surface area contributed by atoms with Crippen molar-refractivity contribution in [2.45, 2.75) is 70.1 Å². The van der Waals surface area contributed by atoms with E-state index in [0.717, 1.165) is 0 Å². The molecule has 0 bridgehead atoms. The Morgan fingerprint density at radius 2 is 1.25 bits per heavy atom. The summed E-state index contributed by atoms with van der Waals surface area (Å²) in [7, 11) is 0. The van der Waals surface area contributed by atoms with Crippen molar-refractivity contribution < 1.29 is 27.8 Å². The SMILES string of the molecule is CC(C)(C)OC(=O)C(N)(CF)CCCN.CCOC(=O)C(N)(CF)CCCN. The standard InChI is InChI=1S/C10H21FN2O2.C8H17FN2O2/c1-9(2,3)15-8(14)10(13,7-11)5-4-6-12;1-2-13-7(12)8(11,6-9)4-3-5-10/h4-7,12-13H2,1-3H3;2-6,10-11H2,1H3. The summed E-state index contributed by atoms with van der Waals surface area (Å²) in [6.45, 7) is 5.93. The highest BCUT2D eigenvalue weighted by Crippen LogP contribution is 2.17. The van der Waals surface area contributed by atoms with Gasteiger partial charge in [0.05, 0.1) is 6.61 Å². The zero-order chi connectivity index (χ0) is 22.4. The average molecular weight is 413 g/mol. The topological polar surface area (TPSA) is 157 Å². The summed E-state index contributed by atoms with van der Waals surface area (Å²) in [5, 5.41) is 0. The van der Waals surface area contributed by atoms with Gasteiger partial charge < -0.3 is 32.4 Å². The molecule has 0 radical (unpaired) electrons. The number of ether oxygens (including phenoxy) is 2. The fourth-order valence-corrected chi connectivity index (χ4v) is 1.94. The second-order valence-electron chi connectivity index (χ2n) is 7.59. The summed E-state index contributed by atoms with van der Waals surface area (Å²) in [4.78, 5) is 22.8. The molecule has 0 aromatic carbocycles. The smallest absolute Gasteiger partial charge is 0.329 e. The van der Waals surface area contributed by atoms with Crippen molar-refractivity contribution in [2.24, 2.45) is 22.9 Å². The number of hydrogen-bond donors (Lipinski definition) is 4. The minimum absolute atomic E-state index is 0.203. The maximum atomic E-state index is 12.7. The van der Waals surface area contributed by atoms with Crippen molar-refractivity contribution in [2.75, 3.05) is 33.0 Å². The van der Waals surface area contributed by atoms with Crippen molar-refractivity contribution in [1.29, 1.82) is 0 Å². The van der Waals surface area contributed by atoms with Gasteiger partial charge in [-0.05, 0) is 66.5 Å². The van der Waals surface area contributed by atoms with Gasteiger partial charge in [-0.2, -0.15) is 0 Å². The second kappa shape index (κ2) is 13.8. The third-order valence-corrected chi connectivity index (χ3v) is 3.62. The Bertz CT molecular complexity index is 463. The number of halogens is 2. The lowest BCUT2D eigenvalue weighted by Crippen LogP contribution is -2.53. The highest BCUT2D eigenvalue weighted by Gasteiger charge is 2.37. The van der Waals surface area contributed by atoms with Gasteiger partial charge in [0, 0.05) is 0 Å². The highest BCUT2D eigenvalue weighted by molar-refractivity contribution is 5.81. The van der Waals surface area contributed by atoms with Gasteiger partial charge in [-0.15, -0.1) is 0 Å². The minimum Gasteiger partial charge on any atom is -0.465 e. The molecule has 0 rings (SSSR count). The summed E-state index contributed by atoms with van der Waals surface area (Å²) >= 11 is 0. The molecule has 0 aromatic heterocycles. The van der Waals surface area contributed by atoms with Crippen LogP contribution in [0.2, 0.25) is 0 Å². The first-order valence-electron chi connectivity index (χ1n) is 9.36. The van der Waals surface area contributed by atoms with Crippen molar-refractivity contribution >= 4 is 11.9 Å². The van der Waals surface area contributed by atoms with Crippen molar-refractivity contribution in [1.82, 2.24) is 0 Å². The number of hydrogen-bond acceptors (Lipinski definition) is 8. The van der Waals surface area contributed by atoms with Gasteiger partial charge in [0.2, 0.25) is 0 Å². The molecule has 0 amide bonds. The summed E-state index contributed by atoms with van der Waals surface area (Å²) in [6.07, 6.45) is 1.44. The summed E-state index contributed by atoms with van der Waals surface area (Å²) in [5.41, 5.74) is 18.0. The lowest BCUT2D eigenvalue weighted by atomic mass is 9.96. The van der Waals surface area contributed by atoms with Crippen LogP contribution in [0.3, 0.4) is 0 Å². The normalized spacial score (nSPS) is 15.5. The zero-order valence-electron chi connectivity index (χ0n) is 17.6. The molecule has 168 valence electrons. The van der Waals surface area contributed by atoms with Crippen LogP contribution in [0.25, 0.3) is 0 Å². The molecule has 8 N–H and O–H groups in total. The van der Waals surface area contributed by atoms with Crippen LogP contribution >= 0.6 is 0 Å². The van der Waals surface area contributed by atoms with Gasteiger partial charge in [-0.1, -0.05) is 0 Å². The Morgan fingerprint density at radius 1 is 0.857 bits per heavy atom. The predicted molar refractivity (Wildman–Crippen MR) is 105 cm³/mol. The second-order valence-corrected chi connectivity index (χ2v) is 7.59. The van der Waals surface area contributed by atoms with Gasteiger partial charge in [0.1, 0.15) is 30.0 Å². The van der Waals surface area contributed by atoms with E-state index in [1.807, 2.05) is 0 Å². The Balaban J connectivity index is 0. The Labute approximate surface area is 166 Å². The van der Waals surface area contributed by atoms with Gasteiger partial charge in [0.25, 0.3) is 0 Å². The quantitative estimate of drug-likeness (QED) is 0.361. The number of esters is 2. The van der Waals surface area contributed by atoms with Crippen LogP contribution in [-0.4, -0.2) is 61.7 Å². The molecule has 2 unspecified atom stereocenters. The van der Waals surface area contributed by atoms with E-state index in [9.17, 15) is 18.4 Å². The first kappa shape index (κ1) is 28.8. The third-order valence-electron chi connectivity index (χ3n) is 3.62. The summed E-state index contributed by atoms with van der Waals surface area (Å²) in [6, 6.07) is 0. The molecule has 0 saturated carbocycles. The van der Waals surface area contributed by atoms with Crippen LogP contribution < -0.4 is 22.9 Å². The monoisotopic (exact) mass is 412 g/mol. The molecule has 28 heavy (non-hydrogen) atoms. The third kappa shape index (κ3) is 11.5. The fraction of sp³-hybridized carbons (Fsp3) is 0.889. The Kier molecular flexibility index (Phi) is 14.2. The first-order chi connectivity index (χ1) is 12.9. The van der Waals surface area contributed by atoms with Crippen LogP contribution in [-0.2, 0) is 19.1 Å². The Morgan fingerprint density at radius 3 is 1.54 bits per heavy atom. The maximum Gasteiger partial charge on any atom is 0.329 e. The van der Waals surface area contributed by atoms with Gasteiger partial charge in [0.15, 0.2) is 0 Å². The lowest BCUT2D eigenvalue weighted by molar-refractivity contribution is -0.162. The van der Waals surface area contributed by atoms with E-state index in [-0.39, 0.29) is 19.4 Å². The van der Waals surface area contributed by atoms with Gasteiger partial charge in [-0.25, -0.2) is 18.4 Å². The largest absolute Gasteiger partial charge is 0.465 e. The van der Waals surface area contributed by atoms with Gasteiger partial charge >= 0.3 is 11.9 Å². The molecule has 10 heteroatoms. The zero-order valence-corrected chi connectivity index (χ0v) is 17.6. The molecule has 0 fully saturated rings. The van der Waals surface area contributed by atoms with Gasteiger partial charge in [-0.3, -0.25) is 0 Å². The molecule has 0 aliphatic carbocycles. The van der Waals surface area contributed by atoms with Crippen LogP contribution in [0.5, 0.6) is 0 Å². The molecule has 0 aromatic rings. The molecular weight excluding hydrogens is 374 g/mol. The van der Waals surface area contributed by atoms with Crippen LogP contribution in [0.15, 0.2) is 0 Å². The van der Waals surface area contributed by atoms with Crippen LogP contribution in [0, 0.1) is 0 Å². The number of rotatable bonds is 11. The highest BCUT2D eigenvalue weighted by atomic mass is 19.1. The average Bonchev–Trinajstić information content (AvgIpc) is 2.63. The molecule has 8 nitrogen and oxygen atoms in total. The molecule has 0 spiro atoms. The van der Waals surface area contributed by atoms with E-state index in [0.29, 0.717) is 25.9 Å². The number of nitrogens with two attached hydrogens (primary N) is 4. The van der Waals surface area contributed by atoms with E-state index < -0.39 is 42.0 Å². The fourth-order valence-electron chi connectivity index (χ4n) is 1.94. The summed E-state index contributed by atoms with van der Waals surface area (Å²) in [5.74, 6) is -1.39. The van der Waals surface area contributed by atoms with E-state index in [1.165, 1.54) is 0 Å². The van der Waals surface area contributed by atoms with Crippen LogP contribution in [0.4, 0.5) is 8.78 Å².